The first-order valence-corrected chi connectivity index (χ1v) is 12.5. The lowest BCUT2D eigenvalue weighted by Crippen LogP contribution is -2.24. The molecule has 1 aromatic heterocycles. The second kappa shape index (κ2) is 10.4. The Labute approximate surface area is 209 Å². The highest BCUT2D eigenvalue weighted by molar-refractivity contribution is 7.99. The van der Waals surface area contributed by atoms with Gasteiger partial charge in [-0.2, -0.15) is 0 Å². The van der Waals surface area contributed by atoms with Gasteiger partial charge in [0.15, 0.2) is 11.0 Å². The maximum atomic E-state index is 13.1. The molecule has 1 amide bonds. The van der Waals surface area contributed by atoms with Gasteiger partial charge in [0.25, 0.3) is 0 Å². The number of nitrogens with zero attached hydrogens (tertiary/aromatic N) is 3. The standard InChI is InChI=1S/C28H29FN4OS/c1-19-7-5-6-8-24(19)33-26(21-11-13-22(14-12-21)28(2,3)4)31-32-27(33)35-18-25(34)30-17-20-9-15-23(29)16-10-20/h5-16H,17-18H2,1-4H3,(H,30,34). The Kier molecular flexibility index (Phi) is 7.36. The molecule has 0 atom stereocenters. The van der Waals surface area contributed by atoms with E-state index in [2.05, 4.69) is 60.6 Å². The van der Waals surface area contributed by atoms with Crippen LogP contribution in [0.15, 0.2) is 78.0 Å². The molecular weight excluding hydrogens is 459 g/mol. The van der Waals surface area contributed by atoms with Gasteiger partial charge < -0.3 is 5.32 Å². The fourth-order valence-electron chi connectivity index (χ4n) is 3.69. The zero-order chi connectivity index (χ0) is 25.0. The van der Waals surface area contributed by atoms with Crippen LogP contribution in [0.25, 0.3) is 17.1 Å². The van der Waals surface area contributed by atoms with Gasteiger partial charge in [0.2, 0.25) is 5.91 Å². The van der Waals surface area contributed by atoms with Gasteiger partial charge in [-0.3, -0.25) is 9.36 Å². The van der Waals surface area contributed by atoms with Crippen molar-refractivity contribution in [2.75, 3.05) is 5.75 Å². The summed E-state index contributed by atoms with van der Waals surface area (Å²) in [7, 11) is 0. The molecule has 4 aromatic rings. The smallest absolute Gasteiger partial charge is 0.230 e. The average molecular weight is 489 g/mol. The fourth-order valence-corrected chi connectivity index (χ4v) is 4.46. The third-order valence-electron chi connectivity index (χ3n) is 5.73. The molecule has 7 heteroatoms. The van der Waals surface area contributed by atoms with E-state index in [9.17, 15) is 9.18 Å². The van der Waals surface area contributed by atoms with Crippen molar-refractivity contribution in [3.8, 4) is 17.1 Å². The predicted molar refractivity (Wildman–Crippen MR) is 139 cm³/mol. The van der Waals surface area contributed by atoms with Gasteiger partial charge in [0.1, 0.15) is 5.82 Å². The number of nitrogens with one attached hydrogen (secondary N) is 1. The van der Waals surface area contributed by atoms with Gasteiger partial charge >= 0.3 is 0 Å². The Morgan fingerprint density at radius 2 is 1.66 bits per heavy atom. The summed E-state index contributed by atoms with van der Waals surface area (Å²) < 4.78 is 15.1. The van der Waals surface area contributed by atoms with Crippen molar-refractivity contribution in [1.82, 2.24) is 20.1 Å². The summed E-state index contributed by atoms with van der Waals surface area (Å²) >= 11 is 1.34. The Morgan fingerprint density at radius 1 is 0.971 bits per heavy atom. The number of hydrogen-bond acceptors (Lipinski definition) is 4. The summed E-state index contributed by atoms with van der Waals surface area (Å²) in [5, 5.41) is 12.5. The summed E-state index contributed by atoms with van der Waals surface area (Å²) in [5.74, 6) is 0.493. The van der Waals surface area contributed by atoms with Crippen LogP contribution in [-0.4, -0.2) is 26.4 Å². The summed E-state index contributed by atoms with van der Waals surface area (Å²) in [6, 6.07) is 22.6. The lowest BCUT2D eigenvalue weighted by Gasteiger charge is -2.19. The molecule has 0 bridgehead atoms. The zero-order valence-corrected chi connectivity index (χ0v) is 21.2. The monoisotopic (exact) mass is 488 g/mol. The minimum Gasteiger partial charge on any atom is -0.351 e. The van der Waals surface area contributed by atoms with Crippen LogP contribution in [-0.2, 0) is 16.8 Å². The number of thioether (sulfide) groups is 1. The maximum absolute atomic E-state index is 13.1. The molecule has 0 spiro atoms. The van der Waals surface area contributed by atoms with Crippen LogP contribution in [0.2, 0.25) is 0 Å². The van der Waals surface area contributed by atoms with E-state index in [1.165, 1.54) is 29.5 Å². The van der Waals surface area contributed by atoms with E-state index in [0.29, 0.717) is 11.7 Å². The molecule has 1 heterocycles. The van der Waals surface area contributed by atoms with Crippen molar-refractivity contribution >= 4 is 17.7 Å². The van der Waals surface area contributed by atoms with Crippen LogP contribution in [0.1, 0.15) is 37.5 Å². The fraction of sp³-hybridized carbons (Fsp3) is 0.250. The molecule has 4 rings (SSSR count). The minimum absolute atomic E-state index is 0.0600. The first-order chi connectivity index (χ1) is 16.7. The Morgan fingerprint density at radius 3 is 2.31 bits per heavy atom. The highest BCUT2D eigenvalue weighted by atomic mass is 32.2. The van der Waals surface area contributed by atoms with Crippen molar-refractivity contribution in [3.05, 3.63) is 95.3 Å². The first-order valence-electron chi connectivity index (χ1n) is 11.5. The van der Waals surface area contributed by atoms with Gasteiger partial charge in [-0.1, -0.05) is 87.1 Å². The normalized spacial score (nSPS) is 11.5. The van der Waals surface area contributed by atoms with Crippen molar-refractivity contribution < 1.29 is 9.18 Å². The highest BCUT2D eigenvalue weighted by Gasteiger charge is 2.20. The molecule has 5 nitrogen and oxygen atoms in total. The predicted octanol–water partition coefficient (Wildman–Crippen LogP) is 6.09. The van der Waals surface area contributed by atoms with Gasteiger partial charge in [0, 0.05) is 12.1 Å². The molecule has 3 aromatic carbocycles. The van der Waals surface area contributed by atoms with Crippen molar-refractivity contribution in [2.24, 2.45) is 0 Å². The number of hydrogen-bond donors (Lipinski definition) is 1. The molecule has 0 fully saturated rings. The molecular formula is C28H29FN4OS. The van der Waals surface area contributed by atoms with E-state index < -0.39 is 0 Å². The molecule has 180 valence electrons. The number of benzene rings is 3. The van der Waals surface area contributed by atoms with Gasteiger partial charge in [-0.05, 0) is 47.2 Å². The number of aromatic nitrogens is 3. The number of para-hydroxylation sites is 1. The van der Waals surface area contributed by atoms with E-state index in [1.807, 2.05) is 35.8 Å². The summed E-state index contributed by atoms with van der Waals surface area (Å²) in [4.78, 5) is 12.5. The van der Waals surface area contributed by atoms with Gasteiger partial charge in [0.05, 0.1) is 11.4 Å². The number of halogens is 1. The van der Waals surface area contributed by atoms with Crippen LogP contribution >= 0.6 is 11.8 Å². The number of carbonyl (C=O) groups is 1. The van der Waals surface area contributed by atoms with Crippen LogP contribution < -0.4 is 5.32 Å². The number of amides is 1. The molecule has 0 aliphatic rings. The lowest BCUT2D eigenvalue weighted by atomic mass is 9.87. The molecule has 1 N–H and O–H groups in total. The summed E-state index contributed by atoms with van der Waals surface area (Å²) in [6.45, 7) is 8.95. The molecule has 0 saturated heterocycles. The van der Waals surface area contributed by atoms with E-state index in [0.717, 1.165) is 28.2 Å². The molecule has 0 radical (unpaired) electrons. The average Bonchev–Trinajstić information content (AvgIpc) is 3.26. The van der Waals surface area contributed by atoms with Gasteiger partial charge in [-0.15, -0.1) is 10.2 Å². The summed E-state index contributed by atoms with van der Waals surface area (Å²) in [5.41, 5.74) is 5.17. The SMILES string of the molecule is Cc1ccccc1-n1c(SCC(=O)NCc2ccc(F)cc2)nnc1-c1ccc(C(C)(C)C)cc1. The topological polar surface area (TPSA) is 59.8 Å². The lowest BCUT2D eigenvalue weighted by molar-refractivity contribution is -0.118. The number of carbonyl (C=O) groups excluding carboxylic acids is 1. The van der Waals surface area contributed by atoms with Crippen molar-refractivity contribution in [2.45, 2.75) is 44.8 Å². The van der Waals surface area contributed by atoms with Crippen molar-refractivity contribution in [3.63, 3.8) is 0 Å². The van der Waals surface area contributed by atoms with E-state index >= 15 is 0 Å². The van der Waals surface area contributed by atoms with Crippen LogP contribution in [0.3, 0.4) is 0 Å². The molecule has 0 aliphatic carbocycles. The van der Waals surface area contributed by atoms with Crippen LogP contribution in [0.5, 0.6) is 0 Å². The second-order valence-electron chi connectivity index (χ2n) is 9.45. The first kappa shape index (κ1) is 24.7. The second-order valence-corrected chi connectivity index (χ2v) is 10.4. The van der Waals surface area contributed by atoms with Gasteiger partial charge in [-0.25, -0.2) is 4.39 Å². The minimum atomic E-state index is -0.296. The van der Waals surface area contributed by atoms with Crippen LogP contribution in [0.4, 0.5) is 4.39 Å². The molecule has 0 unspecified atom stereocenters. The molecule has 35 heavy (non-hydrogen) atoms. The Bertz CT molecular complexity index is 1310. The molecule has 0 saturated carbocycles. The van der Waals surface area contributed by atoms with Crippen molar-refractivity contribution in [1.29, 1.82) is 0 Å². The summed E-state index contributed by atoms with van der Waals surface area (Å²) in [6.07, 6.45) is 0. The zero-order valence-electron chi connectivity index (χ0n) is 20.4. The quantitative estimate of drug-likeness (QED) is 0.320. The third-order valence-corrected chi connectivity index (χ3v) is 6.66. The Balaban J connectivity index is 1.56. The van der Waals surface area contributed by atoms with E-state index in [1.54, 1.807) is 12.1 Å². The third kappa shape index (κ3) is 5.98. The molecule has 0 aliphatic heterocycles. The largest absolute Gasteiger partial charge is 0.351 e. The number of rotatable bonds is 7. The highest BCUT2D eigenvalue weighted by Crippen LogP contribution is 2.31. The van der Waals surface area contributed by atoms with E-state index in [-0.39, 0.29) is 22.9 Å². The maximum Gasteiger partial charge on any atom is 0.230 e. The van der Waals surface area contributed by atoms with Crippen LogP contribution in [0, 0.1) is 12.7 Å². The Hall–Kier alpha value is -3.45. The van der Waals surface area contributed by atoms with E-state index in [4.69, 9.17) is 0 Å². The number of aryl methyl sites for hydroxylation is 1.